The van der Waals surface area contributed by atoms with E-state index in [1.165, 1.54) is 18.2 Å². The topological polar surface area (TPSA) is 72.2 Å². The van der Waals surface area contributed by atoms with E-state index in [1.807, 2.05) is 11.8 Å². The number of amides is 1. The van der Waals surface area contributed by atoms with Crippen molar-refractivity contribution in [1.82, 2.24) is 5.32 Å². The molecular formula is C13H17ClN2O3S. The van der Waals surface area contributed by atoms with Crippen LogP contribution in [0, 0.1) is 10.1 Å². The zero-order valence-corrected chi connectivity index (χ0v) is 12.8. The molecular weight excluding hydrogens is 300 g/mol. The maximum absolute atomic E-state index is 11.9. The number of carbonyl (C=O) groups is 1. The van der Waals surface area contributed by atoms with Gasteiger partial charge in [0.15, 0.2) is 0 Å². The van der Waals surface area contributed by atoms with Gasteiger partial charge in [-0.25, -0.2) is 0 Å². The molecule has 0 saturated carbocycles. The lowest BCUT2D eigenvalue weighted by Crippen LogP contribution is -2.24. The van der Waals surface area contributed by atoms with Gasteiger partial charge in [0.1, 0.15) is 0 Å². The molecule has 0 fully saturated rings. The Morgan fingerprint density at radius 1 is 1.40 bits per heavy atom. The summed E-state index contributed by atoms with van der Waals surface area (Å²) >= 11 is 7.69. The van der Waals surface area contributed by atoms with Crippen LogP contribution in [0.4, 0.5) is 5.69 Å². The fourth-order valence-electron chi connectivity index (χ4n) is 1.65. The highest BCUT2D eigenvalue weighted by Crippen LogP contribution is 2.22. The van der Waals surface area contributed by atoms with Gasteiger partial charge >= 0.3 is 0 Å². The Hall–Kier alpha value is -1.27. The summed E-state index contributed by atoms with van der Waals surface area (Å²) < 4.78 is 0. The van der Waals surface area contributed by atoms with Crippen LogP contribution in [0.2, 0.25) is 5.02 Å². The molecule has 1 aromatic rings. The standard InChI is InChI=1S/C13H17ClN2O3S/c1-20-8-4-2-3-7-15-13(17)11-6-5-10(16(18)19)9-12(11)14/h5-6,9H,2-4,7-8H2,1H3,(H,15,17). The van der Waals surface area contributed by atoms with Gasteiger partial charge in [-0.1, -0.05) is 18.0 Å². The molecule has 110 valence electrons. The lowest BCUT2D eigenvalue weighted by atomic mass is 10.2. The van der Waals surface area contributed by atoms with Gasteiger partial charge in [-0.3, -0.25) is 14.9 Å². The number of halogens is 1. The maximum Gasteiger partial charge on any atom is 0.270 e. The molecule has 0 spiro atoms. The molecule has 1 rings (SSSR count). The van der Waals surface area contributed by atoms with Crippen LogP contribution in [0.15, 0.2) is 18.2 Å². The molecule has 0 aliphatic rings. The van der Waals surface area contributed by atoms with E-state index in [0.29, 0.717) is 6.54 Å². The molecule has 0 heterocycles. The third kappa shape index (κ3) is 5.38. The third-order valence-electron chi connectivity index (χ3n) is 2.72. The SMILES string of the molecule is CSCCCCCNC(=O)c1ccc([N+](=O)[O-])cc1Cl. The molecule has 0 aliphatic carbocycles. The Labute approximate surface area is 127 Å². The first-order valence-electron chi connectivity index (χ1n) is 6.27. The first-order chi connectivity index (χ1) is 9.56. The zero-order valence-electron chi connectivity index (χ0n) is 11.2. The van der Waals surface area contributed by atoms with Gasteiger partial charge in [0.2, 0.25) is 0 Å². The largest absolute Gasteiger partial charge is 0.352 e. The summed E-state index contributed by atoms with van der Waals surface area (Å²) in [5, 5.41) is 13.4. The van der Waals surface area contributed by atoms with Crippen molar-refractivity contribution in [3.63, 3.8) is 0 Å². The van der Waals surface area contributed by atoms with E-state index >= 15 is 0 Å². The molecule has 0 bridgehead atoms. The highest BCUT2D eigenvalue weighted by Gasteiger charge is 2.14. The second kappa shape index (κ2) is 8.81. The minimum atomic E-state index is -0.542. The predicted molar refractivity (Wildman–Crippen MR) is 82.7 cm³/mol. The number of nitrogens with zero attached hydrogens (tertiary/aromatic N) is 1. The van der Waals surface area contributed by atoms with Crippen molar-refractivity contribution >= 4 is 35.0 Å². The summed E-state index contributed by atoms with van der Waals surface area (Å²) in [4.78, 5) is 21.9. The second-order valence-corrected chi connectivity index (χ2v) is 5.62. The Bertz CT molecular complexity index is 483. The van der Waals surface area contributed by atoms with E-state index in [1.54, 1.807) is 0 Å². The molecule has 0 atom stereocenters. The highest BCUT2D eigenvalue weighted by molar-refractivity contribution is 7.98. The van der Waals surface area contributed by atoms with Crippen LogP contribution in [0.5, 0.6) is 0 Å². The number of hydrogen-bond acceptors (Lipinski definition) is 4. The first-order valence-corrected chi connectivity index (χ1v) is 8.04. The lowest BCUT2D eigenvalue weighted by molar-refractivity contribution is -0.384. The minimum Gasteiger partial charge on any atom is -0.352 e. The van der Waals surface area contributed by atoms with E-state index in [-0.39, 0.29) is 22.2 Å². The zero-order chi connectivity index (χ0) is 15.0. The summed E-state index contributed by atoms with van der Waals surface area (Å²) in [6.45, 7) is 0.584. The van der Waals surface area contributed by atoms with Gasteiger partial charge < -0.3 is 5.32 Å². The van der Waals surface area contributed by atoms with Crippen LogP contribution in [-0.4, -0.2) is 29.4 Å². The van der Waals surface area contributed by atoms with Crippen molar-refractivity contribution in [2.45, 2.75) is 19.3 Å². The quantitative estimate of drug-likeness (QED) is 0.452. The molecule has 20 heavy (non-hydrogen) atoms. The number of nitro benzene ring substituents is 1. The van der Waals surface area contributed by atoms with Crippen molar-refractivity contribution in [3.05, 3.63) is 38.9 Å². The van der Waals surface area contributed by atoms with Gasteiger partial charge in [0.05, 0.1) is 15.5 Å². The molecule has 5 nitrogen and oxygen atoms in total. The van der Waals surface area contributed by atoms with Gasteiger partial charge in [0.25, 0.3) is 11.6 Å². The van der Waals surface area contributed by atoms with E-state index in [4.69, 9.17) is 11.6 Å². The monoisotopic (exact) mass is 316 g/mol. The molecule has 1 aromatic carbocycles. The maximum atomic E-state index is 11.9. The number of nitro groups is 1. The fourth-order valence-corrected chi connectivity index (χ4v) is 2.40. The van der Waals surface area contributed by atoms with E-state index < -0.39 is 4.92 Å². The van der Waals surface area contributed by atoms with Crippen LogP contribution in [-0.2, 0) is 0 Å². The number of non-ortho nitro benzene ring substituents is 1. The number of rotatable bonds is 8. The van der Waals surface area contributed by atoms with Gasteiger partial charge in [-0.15, -0.1) is 0 Å². The van der Waals surface area contributed by atoms with Crippen molar-refractivity contribution in [1.29, 1.82) is 0 Å². The lowest BCUT2D eigenvalue weighted by Gasteiger charge is -2.06. The smallest absolute Gasteiger partial charge is 0.270 e. The molecule has 0 saturated heterocycles. The summed E-state index contributed by atoms with van der Waals surface area (Å²) in [5.41, 5.74) is 0.144. The van der Waals surface area contributed by atoms with Crippen molar-refractivity contribution in [3.8, 4) is 0 Å². The molecule has 0 aliphatic heterocycles. The summed E-state index contributed by atoms with van der Waals surface area (Å²) in [6.07, 6.45) is 5.18. The normalized spacial score (nSPS) is 10.3. The average Bonchev–Trinajstić information content (AvgIpc) is 2.42. The fraction of sp³-hybridized carbons (Fsp3) is 0.462. The Kier molecular flexibility index (Phi) is 7.40. The Morgan fingerprint density at radius 3 is 2.75 bits per heavy atom. The number of nitrogens with one attached hydrogen (secondary N) is 1. The van der Waals surface area contributed by atoms with Gasteiger partial charge in [0, 0.05) is 18.7 Å². The first kappa shape index (κ1) is 16.8. The molecule has 0 aromatic heterocycles. The van der Waals surface area contributed by atoms with Gasteiger partial charge in [-0.2, -0.15) is 11.8 Å². The molecule has 1 N–H and O–H groups in total. The highest BCUT2D eigenvalue weighted by atomic mass is 35.5. The van der Waals surface area contributed by atoms with Crippen LogP contribution >= 0.6 is 23.4 Å². The molecule has 7 heteroatoms. The van der Waals surface area contributed by atoms with Crippen molar-refractivity contribution in [2.75, 3.05) is 18.6 Å². The van der Waals surface area contributed by atoms with Crippen molar-refractivity contribution in [2.24, 2.45) is 0 Å². The Balaban J connectivity index is 2.45. The van der Waals surface area contributed by atoms with E-state index in [2.05, 4.69) is 11.6 Å². The van der Waals surface area contributed by atoms with Gasteiger partial charge in [-0.05, 0) is 30.9 Å². The molecule has 0 unspecified atom stereocenters. The van der Waals surface area contributed by atoms with Crippen LogP contribution in [0.1, 0.15) is 29.6 Å². The summed E-state index contributed by atoms with van der Waals surface area (Å²) in [5.74, 6) is 0.831. The molecule has 0 radical (unpaired) electrons. The van der Waals surface area contributed by atoms with E-state index in [9.17, 15) is 14.9 Å². The van der Waals surface area contributed by atoms with E-state index in [0.717, 1.165) is 25.0 Å². The van der Waals surface area contributed by atoms with Crippen LogP contribution in [0.3, 0.4) is 0 Å². The van der Waals surface area contributed by atoms with Crippen LogP contribution < -0.4 is 5.32 Å². The van der Waals surface area contributed by atoms with Crippen molar-refractivity contribution < 1.29 is 9.72 Å². The number of thioether (sulfide) groups is 1. The second-order valence-electron chi connectivity index (χ2n) is 4.23. The Morgan fingerprint density at radius 2 is 2.15 bits per heavy atom. The summed E-state index contributed by atoms with van der Waals surface area (Å²) in [7, 11) is 0. The number of unbranched alkanes of at least 4 members (excludes halogenated alkanes) is 2. The number of benzene rings is 1. The number of carbonyl (C=O) groups excluding carboxylic acids is 1. The predicted octanol–water partition coefficient (Wildman–Crippen LogP) is 3.51. The third-order valence-corrected chi connectivity index (χ3v) is 3.73. The number of hydrogen-bond donors (Lipinski definition) is 1. The average molecular weight is 317 g/mol. The molecule has 1 amide bonds. The minimum absolute atomic E-state index is 0.0964. The summed E-state index contributed by atoms with van der Waals surface area (Å²) in [6, 6.07) is 3.84. The van der Waals surface area contributed by atoms with Crippen LogP contribution in [0.25, 0.3) is 0 Å².